The fourth-order valence-electron chi connectivity index (χ4n) is 1.82. The fraction of sp³-hybridized carbons (Fsp3) is 0.500. The van der Waals surface area contributed by atoms with Crippen LogP contribution in [-0.2, 0) is 0 Å². The van der Waals surface area contributed by atoms with Gasteiger partial charge in [0, 0.05) is 17.8 Å². The molecule has 1 aromatic heterocycles. The number of rotatable bonds is 1. The molecule has 0 spiro atoms. The Kier molecular flexibility index (Phi) is 2.99. The smallest absolute Gasteiger partial charge is 0.165 e. The number of halogens is 2. The molecule has 2 heterocycles. The lowest BCUT2D eigenvalue weighted by Gasteiger charge is -2.24. The summed E-state index contributed by atoms with van der Waals surface area (Å²) < 4.78 is 13.6. The molecule has 0 amide bonds. The van der Waals surface area contributed by atoms with Gasteiger partial charge in [0.05, 0.1) is 0 Å². The van der Waals surface area contributed by atoms with E-state index in [0.717, 1.165) is 25.8 Å². The maximum atomic E-state index is 13.6. The average molecular weight is 215 g/mol. The van der Waals surface area contributed by atoms with Crippen LogP contribution in [0.15, 0.2) is 12.3 Å². The molecule has 1 fully saturated rings. The van der Waals surface area contributed by atoms with E-state index in [1.54, 1.807) is 12.3 Å². The summed E-state index contributed by atoms with van der Waals surface area (Å²) in [5.41, 5.74) is 0.643. The van der Waals surface area contributed by atoms with Crippen LogP contribution in [0, 0.1) is 5.82 Å². The molecule has 0 bridgehead atoms. The number of piperidine rings is 1. The Labute approximate surface area is 87.5 Å². The zero-order valence-corrected chi connectivity index (χ0v) is 8.52. The molecular formula is C10H12ClFN2. The van der Waals surface area contributed by atoms with E-state index in [0.29, 0.717) is 5.56 Å². The fourth-order valence-corrected chi connectivity index (χ4v) is 1.98. The highest BCUT2D eigenvalue weighted by molar-refractivity contribution is 6.29. The largest absolute Gasteiger partial charge is 0.310 e. The van der Waals surface area contributed by atoms with Crippen LogP contribution in [0.25, 0.3) is 0 Å². The summed E-state index contributed by atoms with van der Waals surface area (Å²) in [6.07, 6.45) is 4.82. The van der Waals surface area contributed by atoms with Crippen molar-refractivity contribution >= 4 is 11.6 Å². The van der Waals surface area contributed by atoms with Crippen molar-refractivity contribution in [2.24, 2.45) is 0 Å². The van der Waals surface area contributed by atoms with Gasteiger partial charge in [0.15, 0.2) is 11.0 Å². The maximum absolute atomic E-state index is 13.6. The molecule has 1 saturated heterocycles. The van der Waals surface area contributed by atoms with Crippen molar-refractivity contribution in [3.8, 4) is 0 Å². The summed E-state index contributed by atoms with van der Waals surface area (Å²) in [6.45, 7) is 0.948. The molecule has 2 rings (SSSR count). The lowest BCUT2D eigenvalue weighted by atomic mass is 9.98. The first-order chi connectivity index (χ1) is 6.79. The van der Waals surface area contributed by atoms with Gasteiger partial charge in [-0.2, -0.15) is 0 Å². The molecule has 0 aliphatic carbocycles. The number of nitrogens with one attached hydrogen (secondary N) is 1. The third-order valence-corrected chi connectivity index (χ3v) is 2.83. The minimum atomic E-state index is -0.381. The first-order valence-electron chi connectivity index (χ1n) is 4.82. The maximum Gasteiger partial charge on any atom is 0.165 e. The van der Waals surface area contributed by atoms with Crippen molar-refractivity contribution in [3.63, 3.8) is 0 Å². The van der Waals surface area contributed by atoms with Crippen LogP contribution in [0.1, 0.15) is 30.9 Å². The van der Waals surface area contributed by atoms with Gasteiger partial charge in [0.1, 0.15) is 0 Å². The van der Waals surface area contributed by atoms with Gasteiger partial charge in [-0.25, -0.2) is 9.37 Å². The normalized spacial score (nSPS) is 22.3. The standard InChI is InChI=1S/C10H12ClFN2/c11-10-9(12)7(4-6-14-10)8-3-1-2-5-13-8/h4,6,8,13H,1-3,5H2/t8-/m0/s1. The van der Waals surface area contributed by atoms with Gasteiger partial charge in [-0.1, -0.05) is 18.0 Å². The van der Waals surface area contributed by atoms with Gasteiger partial charge in [-0.15, -0.1) is 0 Å². The molecule has 1 aliphatic rings. The van der Waals surface area contributed by atoms with E-state index in [1.807, 2.05) is 0 Å². The summed E-state index contributed by atoms with van der Waals surface area (Å²) in [5.74, 6) is -0.381. The lowest BCUT2D eigenvalue weighted by Crippen LogP contribution is -2.27. The number of hydrogen-bond donors (Lipinski definition) is 1. The lowest BCUT2D eigenvalue weighted by molar-refractivity contribution is 0.399. The summed E-state index contributed by atoms with van der Waals surface area (Å²) >= 11 is 5.62. The minimum Gasteiger partial charge on any atom is -0.310 e. The van der Waals surface area contributed by atoms with E-state index in [9.17, 15) is 4.39 Å². The molecule has 14 heavy (non-hydrogen) atoms. The summed E-state index contributed by atoms with van der Waals surface area (Å²) in [5, 5.41) is 3.24. The molecule has 0 unspecified atom stereocenters. The summed E-state index contributed by atoms with van der Waals surface area (Å²) in [6, 6.07) is 1.80. The van der Waals surface area contributed by atoms with Gasteiger partial charge >= 0.3 is 0 Å². The molecule has 1 aliphatic heterocycles. The zero-order chi connectivity index (χ0) is 9.97. The molecule has 0 radical (unpaired) electrons. The van der Waals surface area contributed by atoms with Gasteiger partial charge in [0.2, 0.25) is 0 Å². The van der Waals surface area contributed by atoms with Gasteiger partial charge in [0.25, 0.3) is 0 Å². The van der Waals surface area contributed by atoms with E-state index in [1.165, 1.54) is 0 Å². The van der Waals surface area contributed by atoms with Crippen molar-refractivity contribution in [3.05, 3.63) is 28.8 Å². The first kappa shape index (κ1) is 9.87. The Morgan fingerprint density at radius 3 is 3.07 bits per heavy atom. The van der Waals surface area contributed by atoms with Crippen LogP contribution < -0.4 is 5.32 Å². The van der Waals surface area contributed by atoms with Crippen LogP contribution in [0.2, 0.25) is 5.15 Å². The second-order valence-corrected chi connectivity index (χ2v) is 3.87. The van der Waals surface area contributed by atoms with E-state index in [4.69, 9.17) is 11.6 Å². The Morgan fingerprint density at radius 2 is 2.36 bits per heavy atom. The van der Waals surface area contributed by atoms with Crippen molar-refractivity contribution in [2.75, 3.05) is 6.54 Å². The van der Waals surface area contributed by atoms with Gasteiger partial charge < -0.3 is 5.32 Å². The summed E-state index contributed by atoms with van der Waals surface area (Å²) in [7, 11) is 0. The molecule has 0 aromatic carbocycles. The van der Waals surface area contributed by atoms with Crippen molar-refractivity contribution in [1.29, 1.82) is 0 Å². The third-order valence-electron chi connectivity index (χ3n) is 2.56. The van der Waals surface area contributed by atoms with Crippen molar-refractivity contribution < 1.29 is 4.39 Å². The highest BCUT2D eigenvalue weighted by Gasteiger charge is 2.19. The molecule has 4 heteroatoms. The van der Waals surface area contributed by atoms with E-state index >= 15 is 0 Å². The molecular weight excluding hydrogens is 203 g/mol. The Hall–Kier alpha value is -0.670. The van der Waals surface area contributed by atoms with Crippen molar-refractivity contribution in [2.45, 2.75) is 25.3 Å². The number of nitrogens with zero attached hydrogens (tertiary/aromatic N) is 1. The molecule has 76 valence electrons. The zero-order valence-electron chi connectivity index (χ0n) is 7.76. The predicted octanol–water partition coefficient (Wildman–Crippen LogP) is 2.69. The Balaban J connectivity index is 2.26. The third kappa shape index (κ3) is 1.88. The van der Waals surface area contributed by atoms with Crippen LogP contribution in [-0.4, -0.2) is 11.5 Å². The number of aromatic nitrogens is 1. The average Bonchev–Trinajstić information content (AvgIpc) is 2.23. The minimum absolute atomic E-state index is 0.0325. The molecule has 2 nitrogen and oxygen atoms in total. The molecule has 1 aromatic rings. The van der Waals surface area contributed by atoms with Crippen LogP contribution in [0.4, 0.5) is 4.39 Å². The molecule has 1 N–H and O–H groups in total. The second-order valence-electron chi connectivity index (χ2n) is 3.51. The van der Waals surface area contributed by atoms with Gasteiger partial charge in [-0.3, -0.25) is 0 Å². The van der Waals surface area contributed by atoms with E-state index in [2.05, 4.69) is 10.3 Å². The Morgan fingerprint density at radius 1 is 1.50 bits per heavy atom. The highest BCUT2D eigenvalue weighted by atomic mass is 35.5. The first-order valence-corrected chi connectivity index (χ1v) is 5.20. The second kappa shape index (κ2) is 4.24. The van der Waals surface area contributed by atoms with Crippen LogP contribution >= 0.6 is 11.6 Å². The SMILES string of the molecule is Fc1c([C@@H]2CCCCN2)ccnc1Cl. The number of hydrogen-bond acceptors (Lipinski definition) is 2. The van der Waals surface area contributed by atoms with E-state index < -0.39 is 0 Å². The van der Waals surface area contributed by atoms with Crippen LogP contribution in [0.5, 0.6) is 0 Å². The van der Waals surface area contributed by atoms with E-state index in [-0.39, 0.29) is 17.0 Å². The molecule has 0 saturated carbocycles. The summed E-state index contributed by atoms with van der Waals surface area (Å²) in [4.78, 5) is 3.70. The molecule has 1 atom stereocenters. The van der Waals surface area contributed by atoms with Crippen molar-refractivity contribution in [1.82, 2.24) is 10.3 Å². The quantitative estimate of drug-likeness (QED) is 0.728. The van der Waals surface area contributed by atoms with Crippen LogP contribution in [0.3, 0.4) is 0 Å². The van der Waals surface area contributed by atoms with Gasteiger partial charge in [-0.05, 0) is 25.5 Å². The monoisotopic (exact) mass is 214 g/mol. The predicted molar refractivity (Wildman–Crippen MR) is 53.8 cm³/mol. The topological polar surface area (TPSA) is 24.9 Å². The Bertz CT molecular complexity index is 324. The highest BCUT2D eigenvalue weighted by Crippen LogP contribution is 2.27. The number of pyridine rings is 1.